The topological polar surface area (TPSA) is 60.2 Å². The number of hydrogen-bond donors (Lipinski definition) is 0. The van der Waals surface area contributed by atoms with Crippen molar-refractivity contribution in [2.24, 2.45) is 5.41 Å². The van der Waals surface area contributed by atoms with Crippen molar-refractivity contribution in [2.45, 2.75) is 19.9 Å². The summed E-state index contributed by atoms with van der Waals surface area (Å²) in [5, 5.41) is 0. The van der Waals surface area contributed by atoms with Gasteiger partial charge in [-0.25, -0.2) is 4.79 Å². The molecule has 138 valence electrons. The summed E-state index contributed by atoms with van der Waals surface area (Å²) in [5.74, 6) is 1.11. The van der Waals surface area contributed by atoms with Crippen LogP contribution in [0.5, 0.6) is 0 Å². The minimum Gasteiger partial charge on any atom is -0.468 e. The SMILES string of the molecule is CCN1C[C@@]2(CC1=O)CN(Cc1ccco1)CCN(C(=O)N(C)C)C2. The first-order valence-corrected chi connectivity index (χ1v) is 8.91. The Morgan fingerprint density at radius 3 is 2.68 bits per heavy atom. The Labute approximate surface area is 149 Å². The van der Waals surface area contributed by atoms with Crippen molar-refractivity contribution in [3.63, 3.8) is 0 Å². The van der Waals surface area contributed by atoms with Crippen LogP contribution in [0, 0.1) is 5.41 Å². The maximum absolute atomic E-state index is 12.6. The summed E-state index contributed by atoms with van der Waals surface area (Å²) < 4.78 is 5.50. The third-order valence-corrected chi connectivity index (χ3v) is 5.17. The first kappa shape index (κ1) is 17.8. The molecule has 1 spiro atoms. The summed E-state index contributed by atoms with van der Waals surface area (Å²) >= 11 is 0. The second-order valence-electron chi connectivity index (χ2n) is 7.47. The molecule has 2 fully saturated rings. The summed E-state index contributed by atoms with van der Waals surface area (Å²) in [7, 11) is 3.55. The normalized spacial score (nSPS) is 24.8. The van der Waals surface area contributed by atoms with E-state index in [4.69, 9.17) is 4.42 Å². The fourth-order valence-electron chi connectivity index (χ4n) is 4.03. The van der Waals surface area contributed by atoms with E-state index in [0.29, 0.717) is 32.6 Å². The van der Waals surface area contributed by atoms with Crippen LogP contribution in [0.3, 0.4) is 0 Å². The average molecular weight is 348 g/mol. The highest BCUT2D eigenvalue weighted by Crippen LogP contribution is 2.35. The summed E-state index contributed by atoms with van der Waals surface area (Å²) in [5.41, 5.74) is -0.206. The highest BCUT2D eigenvalue weighted by molar-refractivity contribution is 5.80. The molecule has 0 N–H and O–H groups in total. The molecule has 2 aliphatic heterocycles. The first-order chi connectivity index (χ1) is 11.9. The van der Waals surface area contributed by atoms with Crippen molar-refractivity contribution in [3.05, 3.63) is 24.2 Å². The van der Waals surface area contributed by atoms with Crippen molar-refractivity contribution in [1.29, 1.82) is 0 Å². The molecule has 2 saturated heterocycles. The van der Waals surface area contributed by atoms with E-state index in [1.54, 1.807) is 25.3 Å². The molecule has 25 heavy (non-hydrogen) atoms. The van der Waals surface area contributed by atoms with Crippen LogP contribution in [-0.4, -0.2) is 84.9 Å². The predicted octanol–water partition coefficient (Wildman–Crippen LogP) is 1.32. The summed E-state index contributed by atoms with van der Waals surface area (Å²) in [6.45, 7) is 7.03. The minimum atomic E-state index is -0.206. The molecular formula is C18H28N4O3. The Hall–Kier alpha value is -2.02. The van der Waals surface area contributed by atoms with Crippen molar-refractivity contribution >= 4 is 11.9 Å². The zero-order chi connectivity index (χ0) is 18.0. The molecule has 1 atom stereocenters. The van der Waals surface area contributed by atoms with Gasteiger partial charge in [-0.05, 0) is 19.1 Å². The molecular weight excluding hydrogens is 320 g/mol. The van der Waals surface area contributed by atoms with Crippen molar-refractivity contribution in [1.82, 2.24) is 19.6 Å². The molecule has 3 amide bonds. The Bertz CT molecular complexity index is 616. The van der Waals surface area contributed by atoms with Gasteiger partial charge < -0.3 is 19.1 Å². The summed E-state index contributed by atoms with van der Waals surface area (Å²) in [6, 6.07) is 3.88. The molecule has 7 nitrogen and oxygen atoms in total. The monoisotopic (exact) mass is 348 g/mol. The van der Waals surface area contributed by atoms with Crippen LogP contribution in [-0.2, 0) is 11.3 Å². The fraction of sp³-hybridized carbons (Fsp3) is 0.667. The van der Waals surface area contributed by atoms with E-state index in [1.165, 1.54) is 0 Å². The van der Waals surface area contributed by atoms with Gasteiger partial charge >= 0.3 is 6.03 Å². The third kappa shape index (κ3) is 3.81. The van der Waals surface area contributed by atoms with Gasteiger partial charge in [0.15, 0.2) is 0 Å². The molecule has 0 unspecified atom stereocenters. The smallest absolute Gasteiger partial charge is 0.319 e. The van der Waals surface area contributed by atoms with Crippen LogP contribution < -0.4 is 0 Å². The van der Waals surface area contributed by atoms with E-state index >= 15 is 0 Å². The molecule has 1 aromatic rings. The van der Waals surface area contributed by atoms with E-state index in [-0.39, 0.29) is 17.4 Å². The Morgan fingerprint density at radius 2 is 2.08 bits per heavy atom. The van der Waals surface area contributed by atoms with Crippen molar-refractivity contribution in [3.8, 4) is 0 Å². The number of carbonyl (C=O) groups excluding carboxylic acids is 2. The predicted molar refractivity (Wildman–Crippen MR) is 93.9 cm³/mol. The Morgan fingerprint density at radius 1 is 1.28 bits per heavy atom. The van der Waals surface area contributed by atoms with Crippen LogP contribution >= 0.6 is 0 Å². The molecule has 0 aromatic carbocycles. The van der Waals surface area contributed by atoms with Gasteiger partial charge in [0.25, 0.3) is 0 Å². The van der Waals surface area contributed by atoms with E-state index in [1.807, 2.05) is 28.9 Å². The van der Waals surface area contributed by atoms with Crippen LogP contribution in [0.15, 0.2) is 22.8 Å². The van der Waals surface area contributed by atoms with Gasteiger partial charge in [0.2, 0.25) is 5.91 Å². The number of hydrogen-bond acceptors (Lipinski definition) is 4. The number of urea groups is 1. The van der Waals surface area contributed by atoms with Gasteiger partial charge in [0.05, 0.1) is 12.8 Å². The van der Waals surface area contributed by atoms with Gasteiger partial charge in [-0.3, -0.25) is 9.69 Å². The van der Waals surface area contributed by atoms with Crippen molar-refractivity contribution in [2.75, 3.05) is 53.4 Å². The molecule has 0 saturated carbocycles. The molecule has 3 heterocycles. The minimum absolute atomic E-state index is 0.0154. The van der Waals surface area contributed by atoms with Gasteiger partial charge in [-0.15, -0.1) is 0 Å². The lowest BCUT2D eigenvalue weighted by Crippen LogP contribution is -2.47. The number of nitrogens with zero attached hydrogens (tertiary/aromatic N) is 4. The van der Waals surface area contributed by atoms with Gasteiger partial charge in [-0.1, -0.05) is 0 Å². The number of likely N-dealkylation sites (tertiary alicyclic amines) is 1. The molecule has 0 bridgehead atoms. The van der Waals surface area contributed by atoms with Crippen LogP contribution in [0.4, 0.5) is 4.79 Å². The third-order valence-electron chi connectivity index (χ3n) is 5.17. The number of furan rings is 1. The lowest BCUT2D eigenvalue weighted by Gasteiger charge is -2.34. The second kappa shape index (κ2) is 7.07. The van der Waals surface area contributed by atoms with Crippen LogP contribution in [0.1, 0.15) is 19.1 Å². The van der Waals surface area contributed by atoms with E-state index in [0.717, 1.165) is 25.4 Å². The standard InChI is InChI=1S/C18H28N4O3/c1-4-21-13-18(10-16(21)23)12-20(11-15-6-5-9-25-15)7-8-22(14-18)17(24)19(2)3/h5-6,9H,4,7-8,10-14H2,1-3H3/t18-/m1/s1. The molecule has 0 radical (unpaired) electrons. The summed E-state index contributed by atoms with van der Waals surface area (Å²) in [4.78, 5) is 32.7. The summed E-state index contributed by atoms with van der Waals surface area (Å²) in [6.07, 6.45) is 2.19. The van der Waals surface area contributed by atoms with Crippen LogP contribution in [0.2, 0.25) is 0 Å². The molecule has 7 heteroatoms. The van der Waals surface area contributed by atoms with E-state index in [2.05, 4.69) is 4.90 Å². The fourth-order valence-corrected chi connectivity index (χ4v) is 4.03. The average Bonchev–Trinajstić information content (AvgIpc) is 3.13. The van der Waals surface area contributed by atoms with Gasteiger partial charge in [-0.2, -0.15) is 0 Å². The van der Waals surface area contributed by atoms with Gasteiger partial charge in [0.1, 0.15) is 5.76 Å². The maximum atomic E-state index is 12.6. The first-order valence-electron chi connectivity index (χ1n) is 8.91. The molecule has 1 aromatic heterocycles. The lowest BCUT2D eigenvalue weighted by atomic mass is 9.86. The van der Waals surface area contributed by atoms with Crippen molar-refractivity contribution < 1.29 is 14.0 Å². The number of rotatable bonds is 3. The quantitative estimate of drug-likeness (QED) is 0.827. The molecule has 2 aliphatic rings. The van der Waals surface area contributed by atoms with Crippen LogP contribution in [0.25, 0.3) is 0 Å². The Balaban J connectivity index is 1.82. The lowest BCUT2D eigenvalue weighted by molar-refractivity contribution is -0.127. The molecule has 3 rings (SSSR count). The van der Waals surface area contributed by atoms with Gasteiger partial charge in [0, 0.05) is 65.2 Å². The second-order valence-corrected chi connectivity index (χ2v) is 7.47. The van der Waals surface area contributed by atoms with E-state index in [9.17, 15) is 9.59 Å². The zero-order valence-electron chi connectivity index (χ0n) is 15.4. The largest absolute Gasteiger partial charge is 0.468 e. The zero-order valence-corrected chi connectivity index (χ0v) is 15.4. The number of carbonyl (C=O) groups is 2. The maximum Gasteiger partial charge on any atom is 0.319 e. The Kier molecular flexibility index (Phi) is 5.03. The number of amides is 3. The molecule has 0 aliphatic carbocycles. The highest BCUT2D eigenvalue weighted by atomic mass is 16.3. The highest BCUT2D eigenvalue weighted by Gasteiger charge is 2.47. The van der Waals surface area contributed by atoms with E-state index < -0.39 is 0 Å².